The van der Waals surface area contributed by atoms with Crippen LogP contribution in [0.2, 0.25) is 0 Å². The summed E-state index contributed by atoms with van der Waals surface area (Å²) in [7, 11) is -6.17. The van der Waals surface area contributed by atoms with E-state index in [4.69, 9.17) is 31.6 Å². The van der Waals surface area contributed by atoms with Gasteiger partial charge in [-0.1, -0.05) is 0 Å². The van der Waals surface area contributed by atoms with Crippen LogP contribution in [0.25, 0.3) is 0 Å². The summed E-state index contributed by atoms with van der Waals surface area (Å²) >= 11 is 0. The molecule has 0 atom stereocenters. The Morgan fingerprint density at radius 2 is 0.360 bits per heavy atom. The van der Waals surface area contributed by atoms with Gasteiger partial charge in [0.1, 0.15) is 0 Å². The Morgan fingerprint density at radius 3 is 0.360 bits per heavy atom. The first kappa shape index (κ1) is 120. The molecular weight excluding hydrogens is 404 g/mol. The Kier molecular flexibility index (Phi) is 124. The molecule has 0 saturated heterocycles. The van der Waals surface area contributed by atoms with Crippen molar-refractivity contribution in [2.45, 2.75) is 0 Å². The average molecular weight is 428 g/mol. The van der Waals surface area contributed by atoms with Crippen molar-refractivity contribution in [1.29, 1.82) is 31.6 Å². The molecule has 0 aromatic heterocycles. The summed E-state index contributed by atoms with van der Waals surface area (Å²) in [4.78, 5) is 6.19. The van der Waals surface area contributed by atoms with E-state index >= 15 is 0 Å². The van der Waals surface area contributed by atoms with Crippen LogP contribution in [0.4, 0.5) is 0 Å². The van der Waals surface area contributed by atoms with Gasteiger partial charge in [0.25, 0.3) is 0 Å². The van der Waals surface area contributed by atoms with Crippen LogP contribution < -0.4 is 0 Å². The van der Waals surface area contributed by atoms with Gasteiger partial charge in [-0.15, -0.1) is 0 Å². The second kappa shape index (κ2) is 25.9. The van der Waals surface area contributed by atoms with Gasteiger partial charge < -0.3 is 65.7 Å². The average Bonchev–Trinajstić information content (AvgIpc) is 2.26. The summed E-state index contributed by atoms with van der Waals surface area (Å²) in [5.41, 5.74) is 0. The zero-order valence-electron chi connectivity index (χ0n) is 12.0. The fourth-order valence-corrected chi connectivity index (χ4v) is 1.09. The van der Waals surface area contributed by atoms with E-state index in [1.165, 1.54) is 0 Å². The Hall–Kier alpha value is -3.02. The molecule has 0 amide bonds. The van der Waals surface area contributed by atoms with Crippen LogP contribution in [0.1, 0.15) is 0 Å². The summed E-state index contributed by atoms with van der Waals surface area (Å²) in [6.45, 7) is 0. The van der Waals surface area contributed by atoms with Crippen molar-refractivity contribution in [3.63, 3.8) is 0 Å². The van der Waals surface area contributed by atoms with E-state index in [1.807, 2.05) is 0 Å². The summed E-state index contributed by atoms with van der Waals surface area (Å²) < 4.78 is 0. The van der Waals surface area contributed by atoms with Gasteiger partial charge in [-0.25, -0.2) is 0 Å². The second-order valence-corrected chi connectivity index (χ2v) is 7.42. The first-order valence-corrected chi connectivity index (χ1v) is 5.71. The largest absolute Gasteiger partial charge is 0.412 e. The van der Waals surface area contributed by atoms with Crippen LogP contribution in [0.15, 0.2) is 0 Å². The minimum absolute atomic E-state index is 0. The van der Waals surface area contributed by atoms with Gasteiger partial charge in [-0.3, -0.25) is 0 Å². The molecule has 0 unspecified atom stereocenters. The van der Waals surface area contributed by atoms with E-state index in [1.54, 1.807) is 0 Å². The Morgan fingerprint density at radius 1 is 0.280 bits per heavy atom. The Bertz CT molecular complexity index is 412. The van der Waals surface area contributed by atoms with Crippen LogP contribution in [0.5, 0.6) is 0 Å². The van der Waals surface area contributed by atoms with Crippen molar-refractivity contribution < 1.29 is 76.4 Å². The zero-order chi connectivity index (χ0) is 10.7. The maximum atomic E-state index is 8.58. The minimum atomic E-state index is -6.17. The van der Waals surface area contributed by atoms with E-state index in [0.29, 0.717) is 0 Å². The standard InChI is InChI=1S/6CN.Fe.12H2O/c6*1-2;;;;;;;;;;;;;/h;;;;;;;12*1H2. The van der Waals surface area contributed by atoms with E-state index in [2.05, 4.69) is 0 Å². The van der Waals surface area contributed by atoms with Gasteiger partial charge >= 0.3 is 72.1 Å². The van der Waals surface area contributed by atoms with Crippen molar-refractivity contribution in [2.75, 3.05) is 0 Å². The number of hydrogen-bond acceptors (Lipinski definition) is 6. The molecule has 0 aromatic carbocycles. The number of nitriles is 6. The van der Waals surface area contributed by atoms with Gasteiger partial charge in [-0.05, 0) is 0 Å². The summed E-state index contributed by atoms with van der Waals surface area (Å²) in [6.07, 6.45) is 0. The molecule has 24 N–H and O–H groups in total. The topological polar surface area (TPSA) is 521 Å². The monoisotopic (exact) mass is 428 g/mol. The van der Waals surface area contributed by atoms with E-state index in [-0.39, 0.29) is 65.7 Å². The van der Waals surface area contributed by atoms with E-state index in [0.717, 1.165) is 29.8 Å². The van der Waals surface area contributed by atoms with E-state index in [9.17, 15) is 0 Å². The van der Waals surface area contributed by atoms with Crippen LogP contribution >= 0.6 is 0 Å². The zero-order valence-corrected chi connectivity index (χ0v) is 13.1. The predicted octanol–water partition coefficient (Wildman–Crippen LogP) is -9.80. The summed E-state index contributed by atoms with van der Waals surface area (Å²) in [5, 5.41) is 51.5. The molecule has 0 bridgehead atoms. The van der Waals surface area contributed by atoms with Gasteiger partial charge in [-0.2, -0.15) is 0 Å². The molecule has 0 spiro atoms. The molecular formula is C6H24FeN6O12. The summed E-state index contributed by atoms with van der Waals surface area (Å²) in [6, 6.07) is 0. The molecule has 0 aliphatic heterocycles. The molecule has 0 fully saturated rings. The first-order chi connectivity index (χ1) is 5.97. The number of rotatable bonds is 0. The van der Waals surface area contributed by atoms with Crippen molar-refractivity contribution >= 4 is 0 Å². The van der Waals surface area contributed by atoms with Crippen LogP contribution in [-0.2, 0) is 10.7 Å². The predicted molar refractivity (Wildman–Crippen MR) is 77.0 cm³/mol. The third kappa shape index (κ3) is 10.4. The molecule has 0 radical (unpaired) electrons. The smallest absolute Gasteiger partial charge is 0.412 e. The third-order valence-electron chi connectivity index (χ3n) is 1.19. The van der Waals surface area contributed by atoms with Gasteiger partial charge in [0.2, 0.25) is 0 Å². The molecule has 19 heteroatoms. The molecule has 18 nitrogen and oxygen atoms in total. The fourth-order valence-electron chi connectivity index (χ4n) is 0.265. The SMILES string of the molecule is N#[C][Fe]([C]#N)([C]#N)([C]#N)([C]#N)[C]#N.O.O.O.O.O.O.O.O.O.O.O.O. The fraction of sp³-hybridized carbons (Fsp3) is 0. The molecule has 0 aliphatic carbocycles. The molecule has 0 saturated carbocycles. The van der Waals surface area contributed by atoms with Crippen LogP contribution in [0, 0.1) is 61.4 Å². The Labute approximate surface area is 138 Å². The van der Waals surface area contributed by atoms with Crippen LogP contribution in [-0.4, -0.2) is 65.7 Å². The van der Waals surface area contributed by atoms with E-state index < -0.39 is 10.7 Å². The molecule has 158 valence electrons. The van der Waals surface area contributed by atoms with Crippen molar-refractivity contribution in [1.82, 2.24) is 0 Å². The maximum Gasteiger partial charge on any atom is -0.412 e. The maximum absolute atomic E-state index is 8.58. The molecule has 0 heterocycles. The molecule has 0 aromatic rings. The van der Waals surface area contributed by atoms with Crippen molar-refractivity contribution in [3.05, 3.63) is 0 Å². The van der Waals surface area contributed by atoms with Crippen molar-refractivity contribution in [3.8, 4) is 29.8 Å². The van der Waals surface area contributed by atoms with Crippen molar-refractivity contribution in [2.24, 2.45) is 0 Å². The first-order valence-electron chi connectivity index (χ1n) is 2.40. The quantitative estimate of drug-likeness (QED) is 0.336. The molecule has 0 aliphatic rings. The molecule has 25 heavy (non-hydrogen) atoms. The second-order valence-electron chi connectivity index (χ2n) is 1.80. The number of nitrogens with zero attached hydrogens (tertiary/aromatic N) is 6. The van der Waals surface area contributed by atoms with Crippen LogP contribution in [0.3, 0.4) is 0 Å². The molecule has 0 rings (SSSR count). The summed E-state index contributed by atoms with van der Waals surface area (Å²) in [5.74, 6) is 0. The third-order valence-corrected chi connectivity index (χ3v) is 4.89. The van der Waals surface area contributed by atoms with Gasteiger partial charge in [0.15, 0.2) is 0 Å². The van der Waals surface area contributed by atoms with Gasteiger partial charge in [0, 0.05) is 0 Å². The van der Waals surface area contributed by atoms with Gasteiger partial charge in [0.05, 0.1) is 0 Å². The number of hydrogen-bond donors (Lipinski definition) is 0. The minimum Gasteiger partial charge on any atom is -0.412 e. The Balaban J connectivity index is -0.0000000109. The normalized spacial score (nSPS) is 6.96.